The van der Waals surface area contributed by atoms with Gasteiger partial charge in [-0.3, -0.25) is 38.4 Å². The maximum absolute atomic E-state index is 14.8. The van der Waals surface area contributed by atoms with E-state index in [-0.39, 0.29) is 30.6 Å². The van der Waals surface area contributed by atoms with Crippen molar-refractivity contribution in [3.05, 3.63) is 71.8 Å². The van der Waals surface area contributed by atoms with Gasteiger partial charge in [-0.15, -0.1) is 0 Å². The van der Waals surface area contributed by atoms with Crippen LogP contribution in [-0.2, 0) is 60.7 Å². The first-order valence-corrected chi connectivity index (χ1v) is 27.2. The van der Waals surface area contributed by atoms with Crippen molar-refractivity contribution >= 4 is 53.2 Å². The maximum atomic E-state index is 14.8. The normalized spacial score (nSPS) is 19.8. The second-order valence-corrected chi connectivity index (χ2v) is 21.2. The maximum Gasteiger partial charge on any atom is 0.328 e. The summed E-state index contributed by atoms with van der Waals surface area (Å²) >= 11 is 0. The van der Waals surface area contributed by atoms with E-state index in [9.17, 15) is 43.2 Å². The van der Waals surface area contributed by atoms with Crippen molar-refractivity contribution in [3.8, 4) is 0 Å². The van der Waals surface area contributed by atoms with Crippen molar-refractivity contribution in [2.24, 2.45) is 17.8 Å². The Bertz CT molecular complexity index is 2300. The first-order valence-electron chi connectivity index (χ1n) is 27.2. The molecule has 75 heavy (non-hydrogen) atoms. The number of benzene rings is 2. The lowest BCUT2D eigenvalue weighted by atomic mass is 9.94. The third kappa shape index (κ3) is 14.7. The molecule has 0 saturated carbocycles. The van der Waals surface area contributed by atoms with Gasteiger partial charge in [-0.2, -0.15) is 0 Å². The van der Waals surface area contributed by atoms with Gasteiger partial charge in [-0.25, -0.2) is 4.79 Å². The predicted molar refractivity (Wildman–Crippen MR) is 284 cm³/mol. The molecule has 0 spiro atoms. The molecule has 0 aromatic heterocycles. The number of hydrogen-bond donors (Lipinski definition) is 2. The fourth-order valence-electron chi connectivity index (χ4n) is 10.9. The van der Waals surface area contributed by atoms with Crippen LogP contribution in [0.2, 0.25) is 0 Å². The van der Waals surface area contributed by atoms with Gasteiger partial charge in [-0.05, 0) is 67.9 Å². The van der Waals surface area contributed by atoms with Crippen molar-refractivity contribution in [1.82, 2.24) is 40.0 Å². The van der Waals surface area contributed by atoms with E-state index in [1.165, 1.54) is 40.8 Å². The van der Waals surface area contributed by atoms with E-state index in [0.29, 0.717) is 64.6 Å². The van der Waals surface area contributed by atoms with E-state index < -0.39 is 102 Å². The Labute approximate surface area is 444 Å². The molecule has 3 aliphatic heterocycles. The molecule has 3 saturated heterocycles. The van der Waals surface area contributed by atoms with Gasteiger partial charge in [0.1, 0.15) is 42.3 Å². The first-order chi connectivity index (χ1) is 35.8. The number of hydrogen-bond acceptors (Lipinski definition) is 10. The lowest BCUT2D eigenvalue weighted by Crippen LogP contribution is -2.61. The fourth-order valence-corrected chi connectivity index (χ4v) is 10.9. The Morgan fingerprint density at radius 1 is 0.653 bits per heavy atom. The van der Waals surface area contributed by atoms with E-state index in [1.54, 1.807) is 30.7 Å². The second-order valence-electron chi connectivity index (χ2n) is 21.2. The van der Waals surface area contributed by atoms with Gasteiger partial charge in [0.15, 0.2) is 0 Å². The molecular formula is C57H84N8O10. The van der Waals surface area contributed by atoms with Crippen molar-refractivity contribution in [2.45, 2.75) is 161 Å². The Morgan fingerprint density at radius 3 is 1.73 bits per heavy atom. The highest BCUT2D eigenvalue weighted by Gasteiger charge is 2.46. The number of rotatable bonds is 24. The van der Waals surface area contributed by atoms with Crippen molar-refractivity contribution < 1.29 is 47.9 Å². The third-order valence-corrected chi connectivity index (χ3v) is 15.7. The van der Waals surface area contributed by atoms with E-state index >= 15 is 0 Å². The van der Waals surface area contributed by atoms with E-state index in [2.05, 4.69) is 17.6 Å². The van der Waals surface area contributed by atoms with Gasteiger partial charge < -0.3 is 44.8 Å². The molecule has 5 rings (SSSR count). The molecule has 9 atom stereocenters. The Hall–Kier alpha value is -6.33. The molecule has 0 unspecified atom stereocenters. The average Bonchev–Trinajstić information content (AvgIpc) is 4.23. The summed E-state index contributed by atoms with van der Waals surface area (Å²) in [5, 5.41) is 5.69. The molecular weight excluding hydrogens is 957 g/mol. The number of nitrogens with zero attached hydrogens (tertiary/aromatic N) is 6. The minimum Gasteiger partial charge on any atom is -0.467 e. The highest BCUT2D eigenvalue weighted by atomic mass is 16.5. The topological polar surface area (TPSA) is 206 Å². The largest absolute Gasteiger partial charge is 0.467 e. The van der Waals surface area contributed by atoms with Gasteiger partial charge >= 0.3 is 5.97 Å². The molecule has 2 aromatic carbocycles. The Kier molecular flexibility index (Phi) is 22.2. The van der Waals surface area contributed by atoms with E-state index in [0.717, 1.165) is 30.4 Å². The van der Waals surface area contributed by atoms with Crippen LogP contribution in [0.5, 0.6) is 0 Å². The minimum absolute atomic E-state index is 0.0411. The van der Waals surface area contributed by atoms with Gasteiger partial charge in [0.2, 0.25) is 47.3 Å². The van der Waals surface area contributed by atoms with Crippen LogP contribution < -0.4 is 10.6 Å². The summed E-state index contributed by atoms with van der Waals surface area (Å²) < 4.78 is 4.99. The smallest absolute Gasteiger partial charge is 0.328 e. The summed E-state index contributed by atoms with van der Waals surface area (Å²) in [7, 11) is 5.80. The summed E-state index contributed by atoms with van der Waals surface area (Å²) in [6.07, 6.45) is 6.58. The highest BCUT2D eigenvalue weighted by molar-refractivity contribution is 5.98. The molecule has 3 fully saturated rings. The number of esters is 1. The molecule has 8 amide bonds. The number of amides is 8. The minimum atomic E-state index is -1.14. The zero-order chi connectivity index (χ0) is 55.1. The summed E-state index contributed by atoms with van der Waals surface area (Å²) in [6.45, 7) is 11.9. The molecule has 2 N–H and O–H groups in total. The number of likely N-dealkylation sites (tertiary alicyclic amines) is 3. The van der Waals surface area contributed by atoms with Crippen LogP contribution >= 0.6 is 0 Å². The van der Waals surface area contributed by atoms with Gasteiger partial charge in [0.25, 0.3) is 0 Å². The van der Waals surface area contributed by atoms with Crippen LogP contribution in [0.4, 0.5) is 0 Å². The monoisotopic (exact) mass is 1040 g/mol. The number of likely N-dealkylation sites (N-methyl/N-ethyl adjacent to an activating group) is 3. The van der Waals surface area contributed by atoms with Crippen LogP contribution in [0.1, 0.15) is 117 Å². The predicted octanol–water partition coefficient (Wildman–Crippen LogP) is 4.23. The molecule has 412 valence electrons. The summed E-state index contributed by atoms with van der Waals surface area (Å²) in [5.74, 6) is -5.06. The zero-order valence-corrected chi connectivity index (χ0v) is 46.1. The fraction of sp³-hybridized carbons (Fsp3) is 0.632. The highest BCUT2D eigenvalue weighted by Crippen LogP contribution is 2.29. The first kappa shape index (κ1) is 59.5. The third-order valence-electron chi connectivity index (χ3n) is 15.7. The molecule has 0 aliphatic carbocycles. The van der Waals surface area contributed by atoms with Crippen LogP contribution in [0.25, 0.3) is 0 Å². The van der Waals surface area contributed by atoms with E-state index in [4.69, 9.17) is 4.74 Å². The van der Waals surface area contributed by atoms with Crippen molar-refractivity contribution in [2.75, 3.05) is 54.4 Å². The standard InChI is InChI=1S/C57H84N8O10/c1-11-13-23-39(6)52(69)63-31-21-29-43(63)54(71)64-32-20-28-42(64)53(70)61(8)45(34-40-24-16-14-17-25-40)50(67)59-48(37(3)4)56(73)62(9)49(38(5)12-2)51(68)58-36-47(66)60(7)46(35-41-26-18-15-19-27-41)55(72)65-33-22-30-44(65)57(74)75-10/h14-19,24-27,37-39,42-46,48-49H,11-13,20-23,28-36H2,1-10H3,(H,58,68)(H,59,67)/t38-,39-,42-,43-,44-,45+,46+,48-,49-/m0/s1. The van der Waals surface area contributed by atoms with Crippen LogP contribution in [0.3, 0.4) is 0 Å². The van der Waals surface area contributed by atoms with Crippen LogP contribution in [-0.4, -0.2) is 179 Å². The number of nitrogens with one attached hydrogen (secondary N) is 2. The van der Waals surface area contributed by atoms with Gasteiger partial charge in [0, 0.05) is 59.5 Å². The van der Waals surface area contributed by atoms with Crippen molar-refractivity contribution in [3.63, 3.8) is 0 Å². The van der Waals surface area contributed by atoms with E-state index in [1.807, 2.05) is 81.4 Å². The molecule has 0 bridgehead atoms. The SMILES string of the molecule is CCCC[C@H](C)C(=O)N1CCC[C@H]1C(=O)N1CCC[C@H]1C(=O)N(C)[C@H](Cc1ccccc1)C(=O)N[C@H](C(=O)N(C)[C@H](C(=O)NCC(=O)N(C)[C@H](Cc1ccccc1)C(=O)N1CCC[C@H]1C(=O)OC)[C@@H](C)CC)C(C)C. The molecule has 18 heteroatoms. The lowest BCUT2D eigenvalue weighted by molar-refractivity contribution is -0.154. The summed E-state index contributed by atoms with van der Waals surface area (Å²) in [6, 6.07) is 11.8. The number of carbonyl (C=O) groups is 9. The van der Waals surface area contributed by atoms with Gasteiger partial charge in [0.05, 0.1) is 13.7 Å². The summed E-state index contributed by atoms with van der Waals surface area (Å²) in [5.41, 5.74) is 1.56. The molecule has 0 radical (unpaired) electrons. The van der Waals surface area contributed by atoms with Gasteiger partial charge in [-0.1, -0.05) is 121 Å². The average molecular weight is 1040 g/mol. The second kappa shape index (κ2) is 28.0. The number of ether oxygens (including phenoxy) is 1. The number of unbranched alkanes of at least 4 members (excludes halogenated alkanes) is 1. The number of carbonyl (C=O) groups excluding carboxylic acids is 9. The molecule has 3 aliphatic rings. The van der Waals surface area contributed by atoms with Crippen LogP contribution in [0.15, 0.2) is 60.7 Å². The quantitative estimate of drug-likeness (QED) is 0.143. The zero-order valence-electron chi connectivity index (χ0n) is 46.1. The summed E-state index contributed by atoms with van der Waals surface area (Å²) in [4.78, 5) is 136. The Morgan fingerprint density at radius 2 is 1.19 bits per heavy atom. The molecule has 3 heterocycles. The molecule has 18 nitrogen and oxygen atoms in total. The molecule has 2 aromatic rings. The number of methoxy groups -OCH3 is 1. The Balaban J connectivity index is 1.32. The van der Waals surface area contributed by atoms with Crippen LogP contribution in [0, 0.1) is 17.8 Å². The lowest BCUT2D eigenvalue weighted by Gasteiger charge is -2.37. The van der Waals surface area contributed by atoms with Crippen molar-refractivity contribution in [1.29, 1.82) is 0 Å².